The fraction of sp³-hybridized carbons (Fsp3) is 0.583. The maximum Gasteiger partial charge on any atom is 0.268 e. The van der Waals surface area contributed by atoms with Crippen LogP contribution in [0.2, 0.25) is 0 Å². The van der Waals surface area contributed by atoms with Crippen LogP contribution in [0.25, 0.3) is 0 Å². The molecule has 0 spiro atoms. The van der Waals surface area contributed by atoms with E-state index in [2.05, 4.69) is 5.32 Å². The highest BCUT2D eigenvalue weighted by atomic mass is 16.5. The predicted molar refractivity (Wildman–Crippen MR) is 62.9 cm³/mol. The second kappa shape index (κ2) is 5.33. The van der Waals surface area contributed by atoms with Gasteiger partial charge in [0.1, 0.15) is 5.69 Å². The lowest BCUT2D eigenvalue weighted by molar-refractivity contribution is 0.0831. The van der Waals surface area contributed by atoms with Crippen molar-refractivity contribution in [2.75, 3.05) is 20.3 Å². The van der Waals surface area contributed by atoms with Gasteiger partial charge in [-0.3, -0.25) is 4.79 Å². The second-order valence-corrected chi connectivity index (χ2v) is 4.34. The quantitative estimate of drug-likeness (QED) is 0.761. The lowest BCUT2D eigenvalue weighted by Gasteiger charge is -2.16. The highest BCUT2D eigenvalue weighted by Crippen LogP contribution is 2.35. The summed E-state index contributed by atoms with van der Waals surface area (Å²) in [5.41, 5.74) is 0.655. The van der Waals surface area contributed by atoms with Crippen LogP contribution in [0.5, 0.6) is 0 Å². The maximum absolute atomic E-state index is 12.0. The van der Waals surface area contributed by atoms with Gasteiger partial charge in [0.2, 0.25) is 0 Å². The fourth-order valence-electron chi connectivity index (χ4n) is 1.86. The summed E-state index contributed by atoms with van der Waals surface area (Å²) < 4.78 is 6.92. The van der Waals surface area contributed by atoms with E-state index in [4.69, 9.17) is 9.84 Å². The standard InChI is InChI=1S/C12H18N2O3/c1-17-8-9(7-15)13-12(16)11-3-2-6-14(11)10-4-5-10/h2-3,6,9-10,15H,4-5,7-8H2,1H3,(H,13,16). The smallest absolute Gasteiger partial charge is 0.268 e. The highest BCUT2D eigenvalue weighted by molar-refractivity contribution is 5.93. The number of nitrogens with one attached hydrogen (secondary N) is 1. The summed E-state index contributed by atoms with van der Waals surface area (Å²) in [6.45, 7) is 0.191. The fourth-order valence-corrected chi connectivity index (χ4v) is 1.86. The van der Waals surface area contributed by atoms with E-state index in [1.54, 1.807) is 13.2 Å². The SMILES string of the molecule is COCC(CO)NC(=O)c1cccn1C1CC1. The third-order valence-corrected chi connectivity index (χ3v) is 2.88. The van der Waals surface area contributed by atoms with Crippen molar-refractivity contribution in [2.45, 2.75) is 24.9 Å². The number of amides is 1. The van der Waals surface area contributed by atoms with Crippen molar-refractivity contribution >= 4 is 5.91 Å². The van der Waals surface area contributed by atoms with Crippen LogP contribution in [0.3, 0.4) is 0 Å². The molecular weight excluding hydrogens is 220 g/mol. The average molecular weight is 238 g/mol. The molecule has 1 atom stereocenters. The lowest BCUT2D eigenvalue weighted by atomic mass is 10.3. The minimum absolute atomic E-state index is 0.121. The van der Waals surface area contributed by atoms with E-state index >= 15 is 0 Å². The maximum atomic E-state index is 12.0. The van der Waals surface area contributed by atoms with Crippen LogP contribution in [0, 0.1) is 0 Å². The van der Waals surface area contributed by atoms with Gasteiger partial charge >= 0.3 is 0 Å². The largest absolute Gasteiger partial charge is 0.394 e. The first-order valence-corrected chi connectivity index (χ1v) is 5.83. The van der Waals surface area contributed by atoms with Gasteiger partial charge in [0, 0.05) is 19.3 Å². The normalized spacial score (nSPS) is 16.8. The van der Waals surface area contributed by atoms with Crippen LogP contribution in [0.4, 0.5) is 0 Å². The summed E-state index contributed by atoms with van der Waals surface area (Å²) >= 11 is 0. The van der Waals surface area contributed by atoms with Gasteiger partial charge in [-0.25, -0.2) is 0 Å². The third kappa shape index (κ3) is 2.87. The number of carbonyl (C=O) groups is 1. The van der Waals surface area contributed by atoms with Gasteiger partial charge < -0.3 is 19.7 Å². The van der Waals surface area contributed by atoms with Crippen molar-refractivity contribution in [1.29, 1.82) is 0 Å². The molecule has 0 aromatic carbocycles. The molecule has 1 fully saturated rings. The van der Waals surface area contributed by atoms with Gasteiger partial charge in [0.05, 0.1) is 19.3 Å². The van der Waals surface area contributed by atoms with Crippen molar-refractivity contribution in [3.05, 3.63) is 24.0 Å². The highest BCUT2D eigenvalue weighted by Gasteiger charge is 2.27. The summed E-state index contributed by atoms with van der Waals surface area (Å²) in [5, 5.41) is 11.9. The zero-order chi connectivity index (χ0) is 12.3. The van der Waals surface area contributed by atoms with Crippen LogP contribution < -0.4 is 5.32 Å². The second-order valence-electron chi connectivity index (χ2n) is 4.34. The van der Waals surface area contributed by atoms with Gasteiger partial charge in [0.25, 0.3) is 5.91 Å². The molecule has 1 aromatic heterocycles. The predicted octanol–water partition coefficient (Wildman–Crippen LogP) is 0.560. The van der Waals surface area contributed by atoms with Crippen LogP contribution in [0.1, 0.15) is 29.4 Å². The Morgan fingerprint density at radius 3 is 3.06 bits per heavy atom. The number of aliphatic hydroxyl groups excluding tert-OH is 1. The van der Waals surface area contributed by atoms with E-state index in [1.807, 2.05) is 16.8 Å². The number of aromatic nitrogens is 1. The Morgan fingerprint density at radius 1 is 1.71 bits per heavy atom. The van der Waals surface area contributed by atoms with E-state index in [9.17, 15) is 4.79 Å². The summed E-state index contributed by atoms with van der Waals surface area (Å²) in [7, 11) is 1.54. The number of methoxy groups -OCH3 is 1. The molecule has 1 unspecified atom stereocenters. The number of hydrogen-bond acceptors (Lipinski definition) is 3. The first kappa shape index (κ1) is 12.1. The van der Waals surface area contributed by atoms with E-state index in [-0.39, 0.29) is 18.6 Å². The number of carbonyl (C=O) groups excluding carboxylic acids is 1. The van der Waals surface area contributed by atoms with Crippen LogP contribution in [-0.4, -0.2) is 41.9 Å². The van der Waals surface area contributed by atoms with Crippen molar-refractivity contribution in [1.82, 2.24) is 9.88 Å². The Balaban J connectivity index is 2.00. The third-order valence-electron chi connectivity index (χ3n) is 2.88. The molecule has 1 amide bonds. The molecule has 94 valence electrons. The topological polar surface area (TPSA) is 63.5 Å². The molecule has 2 rings (SSSR count). The summed E-state index contributed by atoms with van der Waals surface area (Å²) in [6, 6.07) is 3.79. The molecular formula is C12H18N2O3. The molecule has 1 aliphatic rings. The number of rotatable bonds is 6. The van der Waals surface area contributed by atoms with Crippen molar-refractivity contribution in [3.63, 3.8) is 0 Å². The molecule has 0 aliphatic heterocycles. The molecule has 1 heterocycles. The van der Waals surface area contributed by atoms with Crippen LogP contribution >= 0.6 is 0 Å². The Hall–Kier alpha value is -1.33. The molecule has 1 aromatic rings. The van der Waals surface area contributed by atoms with E-state index in [0.717, 1.165) is 12.8 Å². The minimum Gasteiger partial charge on any atom is -0.394 e. The van der Waals surface area contributed by atoms with Crippen LogP contribution in [0.15, 0.2) is 18.3 Å². The molecule has 0 saturated heterocycles. The van der Waals surface area contributed by atoms with Gasteiger partial charge in [-0.05, 0) is 25.0 Å². The summed E-state index contributed by atoms with van der Waals surface area (Å²) in [4.78, 5) is 12.0. The molecule has 0 bridgehead atoms. The molecule has 1 saturated carbocycles. The van der Waals surface area contributed by atoms with Gasteiger partial charge in [-0.15, -0.1) is 0 Å². The Bertz CT molecular complexity index is 385. The monoisotopic (exact) mass is 238 g/mol. The van der Waals surface area contributed by atoms with E-state index in [1.165, 1.54) is 0 Å². The minimum atomic E-state index is -0.352. The average Bonchev–Trinajstić information content (AvgIpc) is 3.06. The lowest BCUT2D eigenvalue weighted by Crippen LogP contribution is -2.41. The Kier molecular flexibility index (Phi) is 3.81. The molecule has 1 aliphatic carbocycles. The van der Waals surface area contributed by atoms with Crippen LogP contribution in [-0.2, 0) is 4.74 Å². The number of ether oxygens (including phenoxy) is 1. The summed E-state index contributed by atoms with van der Waals surface area (Å²) in [5.74, 6) is -0.155. The van der Waals surface area contributed by atoms with Crippen molar-refractivity contribution < 1.29 is 14.6 Å². The molecule has 5 nitrogen and oxygen atoms in total. The molecule has 5 heteroatoms. The summed E-state index contributed by atoms with van der Waals surface area (Å²) in [6.07, 6.45) is 4.20. The van der Waals surface area contributed by atoms with E-state index < -0.39 is 0 Å². The number of hydrogen-bond donors (Lipinski definition) is 2. The molecule has 17 heavy (non-hydrogen) atoms. The Labute approximate surface area is 100 Å². The molecule has 2 N–H and O–H groups in total. The Morgan fingerprint density at radius 2 is 2.47 bits per heavy atom. The van der Waals surface area contributed by atoms with Gasteiger partial charge in [-0.1, -0.05) is 0 Å². The zero-order valence-corrected chi connectivity index (χ0v) is 9.93. The van der Waals surface area contributed by atoms with Crippen molar-refractivity contribution in [3.8, 4) is 0 Å². The first-order valence-electron chi connectivity index (χ1n) is 5.83. The number of nitrogens with zero attached hydrogens (tertiary/aromatic N) is 1. The van der Waals surface area contributed by atoms with Gasteiger partial charge in [0.15, 0.2) is 0 Å². The molecule has 0 radical (unpaired) electrons. The number of aliphatic hydroxyl groups is 1. The van der Waals surface area contributed by atoms with Gasteiger partial charge in [-0.2, -0.15) is 0 Å². The zero-order valence-electron chi connectivity index (χ0n) is 9.93. The van der Waals surface area contributed by atoms with E-state index in [0.29, 0.717) is 18.3 Å². The first-order chi connectivity index (χ1) is 8.26. The van der Waals surface area contributed by atoms with Crippen molar-refractivity contribution in [2.24, 2.45) is 0 Å².